The summed E-state index contributed by atoms with van der Waals surface area (Å²) in [6.45, 7) is 2.29. The van der Waals surface area contributed by atoms with Crippen LogP contribution >= 0.6 is 35.0 Å². The monoisotopic (exact) mass is 557 g/mol. The van der Waals surface area contributed by atoms with E-state index in [1.165, 1.54) is 28.7 Å². The third kappa shape index (κ3) is 8.68. The Morgan fingerprint density at radius 2 is 1.86 bits per heavy atom. The summed E-state index contributed by atoms with van der Waals surface area (Å²) in [5.41, 5.74) is 1.44. The summed E-state index contributed by atoms with van der Waals surface area (Å²) in [6, 6.07) is 11.7. The van der Waals surface area contributed by atoms with Gasteiger partial charge in [-0.05, 0) is 55.0 Å². The second kappa shape index (κ2) is 12.5. The van der Waals surface area contributed by atoms with Gasteiger partial charge in [0.1, 0.15) is 15.9 Å². The summed E-state index contributed by atoms with van der Waals surface area (Å²) in [6.07, 6.45) is 3.88. The number of thioether (sulfide) groups is 1. The molecule has 0 radical (unpaired) electrons. The SMILES string of the molecule is CSc1ccc(CN2CC[C@H](NC(=O)[C@H](CCS(C)(=O)=O)NC(=O)c3ccc(Cl)c(Cl)c3)C2)cc1. The number of rotatable bonds is 10. The molecule has 2 atom stereocenters. The smallest absolute Gasteiger partial charge is 0.251 e. The van der Waals surface area contributed by atoms with E-state index in [1.807, 2.05) is 6.26 Å². The number of halogens is 2. The van der Waals surface area contributed by atoms with Crippen LogP contribution in [0.25, 0.3) is 0 Å². The normalized spacial score (nSPS) is 17.2. The van der Waals surface area contributed by atoms with Gasteiger partial charge in [0.2, 0.25) is 5.91 Å². The van der Waals surface area contributed by atoms with Crippen molar-refractivity contribution < 1.29 is 18.0 Å². The van der Waals surface area contributed by atoms with Gasteiger partial charge in [-0.3, -0.25) is 14.5 Å². The van der Waals surface area contributed by atoms with Crippen LogP contribution in [0.3, 0.4) is 0 Å². The first-order chi connectivity index (χ1) is 16.5. The minimum absolute atomic E-state index is 0.0318. The number of carbonyl (C=O) groups is 2. The fraction of sp³-hybridized carbons (Fsp3) is 0.417. The van der Waals surface area contributed by atoms with E-state index in [2.05, 4.69) is 39.8 Å². The zero-order chi connectivity index (χ0) is 25.6. The van der Waals surface area contributed by atoms with Crippen molar-refractivity contribution in [3.05, 3.63) is 63.6 Å². The maximum absolute atomic E-state index is 13.1. The van der Waals surface area contributed by atoms with Crippen LogP contribution in [0.2, 0.25) is 10.0 Å². The molecule has 0 spiro atoms. The summed E-state index contributed by atoms with van der Waals surface area (Å²) in [4.78, 5) is 29.3. The maximum Gasteiger partial charge on any atom is 0.251 e. The zero-order valence-corrected chi connectivity index (χ0v) is 22.7. The van der Waals surface area contributed by atoms with Crippen LogP contribution in [0.15, 0.2) is 47.4 Å². The van der Waals surface area contributed by atoms with Crippen molar-refractivity contribution in [3.8, 4) is 0 Å². The van der Waals surface area contributed by atoms with Crippen LogP contribution < -0.4 is 10.6 Å². The standard InChI is InChI=1S/C24H29Cl2N3O4S2/c1-34-19-6-3-16(4-7-19)14-29-11-9-18(15-29)27-24(31)22(10-12-35(2,32)33)28-23(30)17-5-8-20(25)21(26)13-17/h3-8,13,18,22H,9-12,14-15H2,1-2H3,(H,27,31)(H,28,30)/t18-,22-/m0/s1. The van der Waals surface area contributed by atoms with Gasteiger partial charge in [0.25, 0.3) is 5.91 Å². The fourth-order valence-corrected chi connectivity index (χ4v) is 5.23. The molecule has 190 valence electrons. The number of hydrogen-bond donors (Lipinski definition) is 2. The molecule has 1 saturated heterocycles. The topological polar surface area (TPSA) is 95.6 Å². The Morgan fingerprint density at radius 3 is 2.49 bits per heavy atom. The van der Waals surface area contributed by atoms with Crippen molar-refractivity contribution in [1.29, 1.82) is 0 Å². The molecule has 2 aromatic rings. The number of sulfone groups is 1. The molecule has 1 aliphatic rings. The Kier molecular flexibility index (Phi) is 9.89. The van der Waals surface area contributed by atoms with Gasteiger partial charge in [-0.2, -0.15) is 0 Å². The molecule has 1 fully saturated rings. The van der Waals surface area contributed by atoms with Gasteiger partial charge in [-0.1, -0.05) is 35.3 Å². The van der Waals surface area contributed by atoms with Crippen molar-refractivity contribution in [1.82, 2.24) is 15.5 Å². The van der Waals surface area contributed by atoms with Crippen molar-refractivity contribution in [3.63, 3.8) is 0 Å². The first-order valence-electron chi connectivity index (χ1n) is 11.1. The summed E-state index contributed by atoms with van der Waals surface area (Å²) >= 11 is 13.6. The molecular weight excluding hydrogens is 529 g/mol. The number of nitrogens with one attached hydrogen (secondary N) is 2. The molecule has 1 aliphatic heterocycles. The Labute approximate surface area is 220 Å². The van der Waals surface area contributed by atoms with Crippen LogP contribution in [0.5, 0.6) is 0 Å². The van der Waals surface area contributed by atoms with Crippen LogP contribution in [0.4, 0.5) is 0 Å². The molecule has 0 aromatic heterocycles. The first kappa shape index (κ1) is 27.8. The Morgan fingerprint density at radius 1 is 1.14 bits per heavy atom. The van der Waals surface area contributed by atoms with Crippen molar-refractivity contribution in [2.24, 2.45) is 0 Å². The molecule has 35 heavy (non-hydrogen) atoms. The molecule has 0 unspecified atom stereocenters. The summed E-state index contributed by atoms with van der Waals surface area (Å²) in [7, 11) is -3.32. The van der Waals surface area contributed by atoms with E-state index < -0.39 is 27.7 Å². The second-order valence-corrected chi connectivity index (χ2v) is 12.6. The lowest BCUT2D eigenvalue weighted by atomic mass is 10.1. The van der Waals surface area contributed by atoms with E-state index in [0.29, 0.717) is 11.6 Å². The molecule has 0 saturated carbocycles. The number of nitrogens with zero attached hydrogens (tertiary/aromatic N) is 1. The second-order valence-electron chi connectivity index (χ2n) is 8.65. The van der Waals surface area contributed by atoms with Gasteiger partial charge in [0.05, 0.1) is 15.8 Å². The Balaban J connectivity index is 1.61. The molecule has 3 rings (SSSR count). The van der Waals surface area contributed by atoms with Gasteiger partial charge in [0, 0.05) is 42.4 Å². The zero-order valence-electron chi connectivity index (χ0n) is 19.6. The van der Waals surface area contributed by atoms with Crippen LogP contribution in [0.1, 0.15) is 28.8 Å². The summed E-state index contributed by atoms with van der Waals surface area (Å²) < 4.78 is 23.4. The largest absolute Gasteiger partial charge is 0.350 e. The molecule has 2 N–H and O–H groups in total. The van der Waals surface area contributed by atoms with E-state index in [-0.39, 0.29) is 28.8 Å². The molecule has 7 nitrogen and oxygen atoms in total. The lowest BCUT2D eigenvalue weighted by molar-refractivity contribution is -0.123. The third-order valence-corrected chi connectivity index (χ3v) is 8.22. The van der Waals surface area contributed by atoms with E-state index in [4.69, 9.17) is 23.2 Å². The highest BCUT2D eigenvalue weighted by Crippen LogP contribution is 2.23. The summed E-state index contributed by atoms with van der Waals surface area (Å²) in [5, 5.41) is 6.16. The molecule has 2 amide bonds. The predicted octanol–water partition coefficient (Wildman–Crippen LogP) is 3.64. The van der Waals surface area contributed by atoms with E-state index in [1.54, 1.807) is 11.8 Å². The van der Waals surface area contributed by atoms with Crippen LogP contribution in [-0.2, 0) is 21.2 Å². The van der Waals surface area contributed by atoms with Crippen molar-refractivity contribution in [2.75, 3.05) is 31.4 Å². The first-order valence-corrected chi connectivity index (χ1v) is 15.2. The van der Waals surface area contributed by atoms with E-state index in [9.17, 15) is 18.0 Å². The van der Waals surface area contributed by atoms with E-state index in [0.717, 1.165) is 25.8 Å². The highest BCUT2D eigenvalue weighted by Gasteiger charge is 2.29. The third-order valence-electron chi connectivity index (χ3n) is 5.76. The molecule has 1 heterocycles. The predicted molar refractivity (Wildman–Crippen MR) is 142 cm³/mol. The molecule has 2 aromatic carbocycles. The average Bonchev–Trinajstić information content (AvgIpc) is 3.24. The van der Waals surface area contributed by atoms with E-state index >= 15 is 0 Å². The number of amides is 2. The fourth-order valence-electron chi connectivity index (χ4n) is 3.86. The molecular formula is C24H29Cl2N3O4S2. The number of likely N-dealkylation sites (tertiary alicyclic amines) is 1. The average molecular weight is 559 g/mol. The minimum Gasteiger partial charge on any atom is -0.350 e. The lowest BCUT2D eigenvalue weighted by Crippen LogP contribution is -2.50. The lowest BCUT2D eigenvalue weighted by Gasteiger charge is -2.22. The molecule has 0 bridgehead atoms. The molecule has 11 heteroatoms. The van der Waals surface area contributed by atoms with Gasteiger partial charge in [-0.25, -0.2) is 8.42 Å². The van der Waals surface area contributed by atoms with Gasteiger partial charge in [0.15, 0.2) is 0 Å². The maximum atomic E-state index is 13.1. The van der Waals surface area contributed by atoms with Gasteiger partial charge >= 0.3 is 0 Å². The summed E-state index contributed by atoms with van der Waals surface area (Å²) in [5.74, 6) is -1.16. The van der Waals surface area contributed by atoms with Crippen molar-refractivity contribution in [2.45, 2.75) is 36.4 Å². The number of benzene rings is 2. The van der Waals surface area contributed by atoms with Crippen LogP contribution in [-0.4, -0.2) is 68.6 Å². The molecule has 0 aliphatic carbocycles. The van der Waals surface area contributed by atoms with Gasteiger partial charge < -0.3 is 10.6 Å². The minimum atomic E-state index is -3.32. The highest BCUT2D eigenvalue weighted by atomic mass is 35.5. The quantitative estimate of drug-likeness (QED) is 0.433. The van der Waals surface area contributed by atoms with Crippen LogP contribution in [0, 0.1) is 0 Å². The van der Waals surface area contributed by atoms with Gasteiger partial charge in [-0.15, -0.1) is 11.8 Å². The number of carbonyl (C=O) groups excluding carboxylic acids is 2. The highest BCUT2D eigenvalue weighted by molar-refractivity contribution is 7.98. The number of hydrogen-bond acceptors (Lipinski definition) is 6. The Hall–Kier alpha value is -1.78. The van der Waals surface area contributed by atoms with Crippen molar-refractivity contribution >= 4 is 56.6 Å². The Bertz CT molecular complexity index is 1160.